The molecule has 0 fully saturated rings. The van der Waals surface area contributed by atoms with E-state index in [1.807, 2.05) is 24.3 Å². The van der Waals surface area contributed by atoms with Gasteiger partial charge in [-0.1, -0.05) is 72.4 Å². The first kappa shape index (κ1) is 19.6. The summed E-state index contributed by atoms with van der Waals surface area (Å²) in [5, 5.41) is 11.9. The molecule has 1 amide bonds. The van der Waals surface area contributed by atoms with E-state index in [1.54, 1.807) is 23.1 Å². The molecule has 0 atom stereocenters. The van der Waals surface area contributed by atoms with Crippen LogP contribution < -0.4 is 5.32 Å². The molecule has 24 heavy (non-hydrogen) atoms. The molecule has 0 aliphatic rings. The summed E-state index contributed by atoms with van der Waals surface area (Å²) < 4.78 is 1.81. The number of hydrogen-bond acceptors (Lipinski definition) is 6. The minimum atomic E-state index is 0.0144. The van der Waals surface area contributed by atoms with Crippen molar-refractivity contribution in [3.05, 3.63) is 34.9 Å². The van der Waals surface area contributed by atoms with E-state index in [0.717, 1.165) is 31.4 Å². The van der Waals surface area contributed by atoms with Crippen LogP contribution in [0.15, 0.2) is 32.9 Å². The Labute approximate surface area is 160 Å². The van der Waals surface area contributed by atoms with Gasteiger partial charge in [0, 0.05) is 17.3 Å². The fraction of sp³-hybridized carbons (Fsp3) is 0.438. The number of amides is 1. The van der Waals surface area contributed by atoms with Gasteiger partial charge in [-0.3, -0.25) is 4.79 Å². The predicted molar refractivity (Wildman–Crippen MR) is 104 cm³/mol. The van der Waals surface area contributed by atoms with Crippen LogP contribution in [0.2, 0.25) is 5.02 Å². The minimum Gasteiger partial charge on any atom is -0.355 e. The summed E-state index contributed by atoms with van der Waals surface area (Å²) in [7, 11) is 0. The number of benzene rings is 1. The molecule has 0 saturated carbocycles. The van der Waals surface area contributed by atoms with Crippen LogP contribution in [0.1, 0.15) is 19.4 Å². The van der Waals surface area contributed by atoms with Crippen LogP contribution in [0.25, 0.3) is 0 Å². The number of rotatable bonds is 9. The molecule has 8 heteroatoms. The average Bonchev–Trinajstić information content (AvgIpc) is 3.01. The minimum absolute atomic E-state index is 0.0144. The molecule has 0 aliphatic heterocycles. The van der Waals surface area contributed by atoms with Crippen molar-refractivity contribution in [3.63, 3.8) is 0 Å². The van der Waals surface area contributed by atoms with Gasteiger partial charge in [0.1, 0.15) is 0 Å². The van der Waals surface area contributed by atoms with Crippen molar-refractivity contribution in [2.45, 2.75) is 28.9 Å². The zero-order valence-electron chi connectivity index (χ0n) is 13.6. The highest BCUT2D eigenvalue weighted by atomic mass is 35.5. The van der Waals surface area contributed by atoms with Crippen LogP contribution in [0, 0.1) is 5.92 Å². The number of halogens is 1. The van der Waals surface area contributed by atoms with Crippen molar-refractivity contribution in [3.8, 4) is 0 Å². The van der Waals surface area contributed by atoms with Crippen LogP contribution in [0.4, 0.5) is 0 Å². The van der Waals surface area contributed by atoms with E-state index in [4.69, 9.17) is 11.6 Å². The van der Waals surface area contributed by atoms with Crippen molar-refractivity contribution in [2.75, 3.05) is 18.1 Å². The number of hydrogen-bond donors (Lipinski definition) is 1. The maximum absolute atomic E-state index is 11.9. The lowest BCUT2D eigenvalue weighted by Gasteiger charge is -2.04. The van der Waals surface area contributed by atoms with Crippen LogP contribution in [0.5, 0.6) is 0 Å². The summed E-state index contributed by atoms with van der Waals surface area (Å²) in [4.78, 5) is 11.9. The van der Waals surface area contributed by atoms with Gasteiger partial charge in [0.05, 0.1) is 5.75 Å². The van der Waals surface area contributed by atoms with Crippen LogP contribution in [0.3, 0.4) is 0 Å². The van der Waals surface area contributed by atoms with Gasteiger partial charge in [-0.25, -0.2) is 0 Å². The van der Waals surface area contributed by atoms with E-state index in [0.29, 0.717) is 18.2 Å². The fourth-order valence-electron chi connectivity index (χ4n) is 1.73. The largest absolute Gasteiger partial charge is 0.355 e. The van der Waals surface area contributed by atoms with Gasteiger partial charge in [0.25, 0.3) is 0 Å². The molecular weight excluding hydrogens is 382 g/mol. The Kier molecular flexibility index (Phi) is 8.38. The number of nitrogens with zero attached hydrogens (tertiary/aromatic N) is 2. The number of aromatic nitrogens is 2. The molecule has 130 valence electrons. The van der Waals surface area contributed by atoms with Crippen LogP contribution in [-0.2, 0) is 11.2 Å². The normalized spacial score (nSPS) is 11.0. The van der Waals surface area contributed by atoms with E-state index in [-0.39, 0.29) is 5.91 Å². The second kappa shape index (κ2) is 10.3. The third kappa shape index (κ3) is 7.42. The Balaban J connectivity index is 1.65. The van der Waals surface area contributed by atoms with Gasteiger partial charge < -0.3 is 5.32 Å². The van der Waals surface area contributed by atoms with Gasteiger partial charge >= 0.3 is 0 Å². The first-order valence-electron chi connectivity index (χ1n) is 7.63. The van der Waals surface area contributed by atoms with E-state index in [1.165, 1.54) is 11.8 Å². The highest BCUT2D eigenvalue weighted by Crippen LogP contribution is 2.29. The molecule has 1 heterocycles. The van der Waals surface area contributed by atoms with Gasteiger partial charge in [-0.2, -0.15) is 0 Å². The molecule has 0 unspecified atom stereocenters. The molecular formula is C16H20ClN3OS3. The standard InChI is InChI=1S/C16H20ClN3OS3/c1-11(2)9-22-15-19-20-16(24-15)23-10-14(21)18-8-7-12-3-5-13(17)6-4-12/h3-6,11H,7-10H2,1-2H3,(H,18,21). The second-order valence-electron chi connectivity index (χ2n) is 5.55. The molecule has 1 N–H and O–H groups in total. The highest BCUT2D eigenvalue weighted by molar-refractivity contribution is 8.03. The summed E-state index contributed by atoms with van der Waals surface area (Å²) in [6.45, 7) is 4.97. The monoisotopic (exact) mass is 401 g/mol. The molecule has 0 bridgehead atoms. The fourth-order valence-corrected chi connectivity index (χ4v) is 4.68. The van der Waals surface area contributed by atoms with Crippen molar-refractivity contribution in [2.24, 2.45) is 5.92 Å². The zero-order valence-corrected chi connectivity index (χ0v) is 16.8. The smallest absolute Gasteiger partial charge is 0.230 e. The first-order chi connectivity index (χ1) is 11.5. The third-order valence-corrected chi connectivity index (χ3v) is 6.77. The second-order valence-corrected chi connectivity index (χ2v) is 9.46. The Morgan fingerprint density at radius 3 is 2.54 bits per heavy atom. The molecule has 4 nitrogen and oxygen atoms in total. The van der Waals surface area contributed by atoms with Gasteiger partial charge in [-0.15, -0.1) is 10.2 Å². The molecule has 0 aliphatic carbocycles. The molecule has 0 saturated heterocycles. The lowest BCUT2D eigenvalue weighted by Crippen LogP contribution is -2.27. The summed E-state index contributed by atoms with van der Waals surface area (Å²) in [6.07, 6.45) is 0.794. The predicted octanol–water partition coefficient (Wildman–Crippen LogP) is 4.39. The van der Waals surface area contributed by atoms with Gasteiger partial charge in [0.2, 0.25) is 5.91 Å². The third-order valence-electron chi connectivity index (χ3n) is 2.90. The summed E-state index contributed by atoms with van der Waals surface area (Å²) in [6, 6.07) is 7.67. The zero-order chi connectivity index (χ0) is 17.4. The molecule has 0 radical (unpaired) electrons. The number of carbonyl (C=O) groups is 1. The number of carbonyl (C=O) groups excluding carboxylic acids is 1. The SMILES string of the molecule is CC(C)CSc1nnc(SCC(=O)NCCc2ccc(Cl)cc2)s1. The maximum Gasteiger partial charge on any atom is 0.230 e. The lowest BCUT2D eigenvalue weighted by molar-refractivity contribution is -0.118. The summed E-state index contributed by atoms with van der Waals surface area (Å²) in [5.74, 6) is 2.04. The van der Waals surface area contributed by atoms with Crippen molar-refractivity contribution in [1.82, 2.24) is 15.5 Å². The van der Waals surface area contributed by atoms with Crippen LogP contribution in [-0.4, -0.2) is 34.2 Å². The Bertz CT molecular complexity index is 646. The summed E-state index contributed by atoms with van der Waals surface area (Å²) in [5.41, 5.74) is 1.16. The Hall–Kier alpha value is -0.760. The van der Waals surface area contributed by atoms with E-state index in [9.17, 15) is 4.79 Å². The topological polar surface area (TPSA) is 54.9 Å². The van der Waals surface area contributed by atoms with Crippen molar-refractivity contribution < 1.29 is 4.79 Å². The lowest BCUT2D eigenvalue weighted by atomic mass is 10.1. The van der Waals surface area contributed by atoms with E-state index in [2.05, 4.69) is 29.4 Å². The van der Waals surface area contributed by atoms with E-state index < -0.39 is 0 Å². The number of thioether (sulfide) groups is 2. The highest BCUT2D eigenvalue weighted by Gasteiger charge is 2.09. The Morgan fingerprint density at radius 2 is 1.88 bits per heavy atom. The summed E-state index contributed by atoms with van der Waals surface area (Å²) >= 11 is 10.6. The maximum atomic E-state index is 11.9. The quantitative estimate of drug-likeness (QED) is 0.631. The molecule has 2 aromatic rings. The first-order valence-corrected chi connectivity index (χ1v) is 10.8. The molecule has 1 aromatic carbocycles. The van der Waals surface area contributed by atoms with Crippen LogP contribution >= 0.6 is 46.5 Å². The van der Waals surface area contributed by atoms with Crippen molar-refractivity contribution >= 4 is 52.4 Å². The Morgan fingerprint density at radius 1 is 1.21 bits per heavy atom. The average molecular weight is 402 g/mol. The van der Waals surface area contributed by atoms with Gasteiger partial charge in [0.15, 0.2) is 8.68 Å². The number of nitrogens with one attached hydrogen (secondary N) is 1. The molecule has 2 rings (SSSR count). The van der Waals surface area contributed by atoms with Gasteiger partial charge in [-0.05, 0) is 30.0 Å². The molecule has 0 spiro atoms. The molecule has 1 aromatic heterocycles. The van der Waals surface area contributed by atoms with Crippen molar-refractivity contribution in [1.29, 1.82) is 0 Å². The van der Waals surface area contributed by atoms with E-state index >= 15 is 0 Å².